The fourth-order valence-corrected chi connectivity index (χ4v) is 7.05. The van der Waals surface area contributed by atoms with E-state index in [1.165, 1.54) is 10.6 Å². The molecule has 0 radical (unpaired) electrons. The summed E-state index contributed by atoms with van der Waals surface area (Å²) in [5, 5.41) is 0. The van der Waals surface area contributed by atoms with E-state index >= 15 is 0 Å². The van der Waals surface area contributed by atoms with Gasteiger partial charge in [0, 0.05) is 6.04 Å². The van der Waals surface area contributed by atoms with Crippen molar-refractivity contribution in [3.63, 3.8) is 0 Å². The van der Waals surface area contributed by atoms with E-state index in [0.717, 1.165) is 11.1 Å². The van der Waals surface area contributed by atoms with E-state index in [-0.39, 0.29) is 22.9 Å². The minimum atomic E-state index is -3.87. The summed E-state index contributed by atoms with van der Waals surface area (Å²) >= 11 is 0. The molecule has 1 aromatic carbocycles. The molecule has 1 fully saturated rings. The summed E-state index contributed by atoms with van der Waals surface area (Å²) in [6.45, 7) is 5.57. The summed E-state index contributed by atoms with van der Waals surface area (Å²) in [6, 6.07) is 6.31. The number of nitrogens with zero attached hydrogens (tertiary/aromatic N) is 1. The van der Waals surface area contributed by atoms with E-state index in [2.05, 4.69) is 0 Å². The van der Waals surface area contributed by atoms with Gasteiger partial charge in [-0.25, -0.2) is 16.8 Å². The van der Waals surface area contributed by atoms with Gasteiger partial charge in [-0.05, 0) is 62.1 Å². The van der Waals surface area contributed by atoms with Crippen molar-refractivity contribution in [1.82, 2.24) is 4.31 Å². The lowest BCUT2D eigenvalue weighted by Crippen LogP contribution is -2.40. The molecule has 1 aliphatic rings. The van der Waals surface area contributed by atoms with Gasteiger partial charge >= 0.3 is 0 Å². The summed E-state index contributed by atoms with van der Waals surface area (Å²) in [5.41, 5.74) is 2.55. The fraction of sp³-hybridized carbons (Fsp3) is 0.444. The highest BCUT2D eigenvalue weighted by molar-refractivity contribution is 7.92. The Morgan fingerprint density at radius 3 is 2.42 bits per heavy atom. The molecule has 1 saturated heterocycles. The molecule has 26 heavy (non-hydrogen) atoms. The van der Waals surface area contributed by atoms with Crippen LogP contribution in [0.3, 0.4) is 0 Å². The van der Waals surface area contributed by atoms with Gasteiger partial charge in [0.05, 0.1) is 29.2 Å². The topological polar surface area (TPSA) is 84.7 Å². The Morgan fingerprint density at radius 2 is 1.85 bits per heavy atom. The number of hydrogen-bond acceptors (Lipinski definition) is 5. The molecule has 0 saturated carbocycles. The monoisotopic (exact) mass is 397 g/mol. The summed E-state index contributed by atoms with van der Waals surface area (Å²) in [6.07, 6.45) is 1.78. The minimum Gasteiger partial charge on any atom is -0.468 e. The average Bonchev–Trinajstić information content (AvgIpc) is 3.17. The van der Waals surface area contributed by atoms with Crippen LogP contribution in [0.5, 0.6) is 0 Å². The van der Waals surface area contributed by atoms with Gasteiger partial charge in [0.1, 0.15) is 5.76 Å². The van der Waals surface area contributed by atoms with Gasteiger partial charge in [-0.15, -0.1) is 0 Å². The van der Waals surface area contributed by atoms with Crippen LogP contribution in [0.1, 0.15) is 28.9 Å². The van der Waals surface area contributed by atoms with Crippen molar-refractivity contribution >= 4 is 19.9 Å². The third-order valence-corrected chi connectivity index (χ3v) is 8.68. The molecule has 8 heteroatoms. The van der Waals surface area contributed by atoms with Gasteiger partial charge in [-0.2, -0.15) is 4.31 Å². The quantitative estimate of drug-likeness (QED) is 0.774. The van der Waals surface area contributed by atoms with Gasteiger partial charge in [0.15, 0.2) is 9.84 Å². The van der Waals surface area contributed by atoms with Crippen LogP contribution in [-0.2, 0) is 26.4 Å². The lowest BCUT2D eigenvalue weighted by atomic mass is 10.1. The number of aryl methyl sites for hydroxylation is 3. The predicted octanol–water partition coefficient (Wildman–Crippen LogP) is 2.58. The molecule has 1 aliphatic heterocycles. The van der Waals surface area contributed by atoms with Gasteiger partial charge in [0.2, 0.25) is 10.0 Å². The second-order valence-electron chi connectivity index (χ2n) is 6.89. The van der Waals surface area contributed by atoms with Crippen LogP contribution in [0.4, 0.5) is 0 Å². The van der Waals surface area contributed by atoms with E-state index < -0.39 is 25.9 Å². The first-order valence-electron chi connectivity index (χ1n) is 8.43. The standard InChI is InChI=1S/C18H23NO5S2/c1-13-9-15(3)18(10-14(13)2)26(22,23)19(11-17-5-4-7-24-17)16-6-8-25(20,21)12-16/h4-5,7,9-10,16H,6,8,11-12H2,1-3H3/t16-/m0/s1. The normalized spacial score (nSPS) is 19.9. The van der Waals surface area contributed by atoms with Gasteiger partial charge < -0.3 is 4.42 Å². The second kappa shape index (κ2) is 6.83. The molecule has 3 rings (SSSR count). The molecule has 0 amide bonds. The molecule has 0 aliphatic carbocycles. The lowest BCUT2D eigenvalue weighted by Gasteiger charge is -2.27. The first kappa shape index (κ1) is 19.1. The average molecular weight is 398 g/mol. The Labute approximate surface area is 154 Å². The maximum Gasteiger partial charge on any atom is 0.244 e. The first-order chi connectivity index (χ1) is 12.1. The van der Waals surface area contributed by atoms with Crippen LogP contribution in [0.15, 0.2) is 39.8 Å². The SMILES string of the molecule is Cc1cc(C)c(S(=O)(=O)N(Cc2ccco2)[C@H]2CCS(=O)(=O)C2)cc1C. The Kier molecular flexibility index (Phi) is 5.02. The Bertz CT molecular complexity index is 1010. The molecular formula is C18H23NO5S2. The third-order valence-electron chi connectivity index (χ3n) is 4.89. The van der Waals surface area contributed by atoms with E-state index in [4.69, 9.17) is 4.42 Å². The summed E-state index contributed by atoms with van der Waals surface area (Å²) in [5.74, 6) is 0.337. The van der Waals surface area contributed by atoms with Gasteiger partial charge in [-0.1, -0.05) is 6.07 Å². The zero-order valence-electron chi connectivity index (χ0n) is 15.1. The molecule has 2 heterocycles. The Morgan fingerprint density at radius 1 is 1.15 bits per heavy atom. The highest BCUT2D eigenvalue weighted by atomic mass is 32.2. The van der Waals surface area contributed by atoms with E-state index in [1.807, 2.05) is 19.9 Å². The molecule has 1 aromatic heterocycles. The number of hydrogen-bond donors (Lipinski definition) is 0. The number of rotatable bonds is 5. The lowest BCUT2D eigenvalue weighted by molar-refractivity contribution is 0.306. The highest BCUT2D eigenvalue weighted by Crippen LogP contribution is 2.30. The molecule has 6 nitrogen and oxygen atoms in total. The van der Waals surface area contributed by atoms with Crippen molar-refractivity contribution in [3.05, 3.63) is 53.0 Å². The molecule has 0 bridgehead atoms. The van der Waals surface area contributed by atoms with E-state index in [1.54, 1.807) is 25.1 Å². The van der Waals surface area contributed by atoms with E-state index in [9.17, 15) is 16.8 Å². The minimum absolute atomic E-state index is 0.00769. The van der Waals surface area contributed by atoms with Crippen LogP contribution in [0.2, 0.25) is 0 Å². The van der Waals surface area contributed by atoms with Crippen molar-refractivity contribution in [2.45, 2.75) is 44.7 Å². The molecule has 0 unspecified atom stereocenters. The van der Waals surface area contributed by atoms with Crippen molar-refractivity contribution in [1.29, 1.82) is 0 Å². The summed E-state index contributed by atoms with van der Waals surface area (Å²) in [7, 11) is -7.10. The van der Waals surface area contributed by atoms with Gasteiger partial charge in [-0.3, -0.25) is 0 Å². The number of benzene rings is 1. The van der Waals surface area contributed by atoms with Crippen LogP contribution >= 0.6 is 0 Å². The highest BCUT2D eigenvalue weighted by Gasteiger charge is 2.39. The molecule has 2 aromatic rings. The Balaban J connectivity index is 2.06. The van der Waals surface area contributed by atoms with Crippen LogP contribution in [0.25, 0.3) is 0 Å². The van der Waals surface area contributed by atoms with Crippen molar-refractivity contribution in [2.75, 3.05) is 11.5 Å². The third kappa shape index (κ3) is 3.72. The van der Waals surface area contributed by atoms with Crippen molar-refractivity contribution in [2.24, 2.45) is 0 Å². The van der Waals surface area contributed by atoms with Crippen molar-refractivity contribution in [3.8, 4) is 0 Å². The van der Waals surface area contributed by atoms with Crippen LogP contribution in [0, 0.1) is 20.8 Å². The molecule has 0 spiro atoms. The predicted molar refractivity (Wildman–Crippen MR) is 99.1 cm³/mol. The Hall–Kier alpha value is -1.64. The molecule has 0 N–H and O–H groups in total. The molecule has 142 valence electrons. The fourth-order valence-electron chi connectivity index (χ4n) is 3.31. The second-order valence-corrected chi connectivity index (χ2v) is 11.0. The maximum atomic E-state index is 13.4. The van der Waals surface area contributed by atoms with E-state index in [0.29, 0.717) is 17.7 Å². The van der Waals surface area contributed by atoms with Crippen LogP contribution < -0.4 is 0 Å². The zero-order chi connectivity index (χ0) is 19.1. The molecular weight excluding hydrogens is 374 g/mol. The van der Waals surface area contributed by atoms with Crippen LogP contribution in [-0.4, -0.2) is 38.7 Å². The number of sulfone groups is 1. The number of furan rings is 1. The smallest absolute Gasteiger partial charge is 0.244 e. The van der Waals surface area contributed by atoms with Crippen molar-refractivity contribution < 1.29 is 21.3 Å². The summed E-state index contributed by atoms with van der Waals surface area (Å²) < 4.78 is 57.3. The molecule has 1 atom stereocenters. The van der Waals surface area contributed by atoms with Gasteiger partial charge in [0.25, 0.3) is 0 Å². The summed E-state index contributed by atoms with van der Waals surface area (Å²) in [4.78, 5) is 0.219. The first-order valence-corrected chi connectivity index (χ1v) is 11.7. The largest absolute Gasteiger partial charge is 0.468 e. The number of sulfonamides is 1. The zero-order valence-corrected chi connectivity index (χ0v) is 16.7. The maximum absolute atomic E-state index is 13.4.